The van der Waals surface area contributed by atoms with Crippen molar-refractivity contribution in [3.8, 4) is 0 Å². The Kier molecular flexibility index (Phi) is 8.17. The predicted octanol–water partition coefficient (Wildman–Crippen LogP) is 3.84. The SMILES string of the molecule is CCCCCCC(=O)C(C)NC(=O)OCc1ccccc1. The maximum absolute atomic E-state index is 11.8. The lowest BCUT2D eigenvalue weighted by Gasteiger charge is -2.13. The fourth-order valence-electron chi connectivity index (χ4n) is 1.96. The van der Waals surface area contributed by atoms with Crippen LogP contribution >= 0.6 is 0 Å². The van der Waals surface area contributed by atoms with Gasteiger partial charge in [0.25, 0.3) is 0 Å². The van der Waals surface area contributed by atoms with E-state index >= 15 is 0 Å². The molecule has 1 amide bonds. The maximum atomic E-state index is 11.8. The van der Waals surface area contributed by atoms with E-state index in [1.165, 1.54) is 0 Å². The highest BCUT2D eigenvalue weighted by Crippen LogP contribution is 2.05. The number of rotatable bonds is 9. The second-order valence-corrected chi connectivity index (χ2v) is 5.20. The average Bonchev–Trinajstić information content (AvgIpc) is 2.50. The van der Waals surface area contributed by atoms with Crippen LogP contribution in [0.15, 0.2) is 30.3 Å². The molecule has 0 saturated heterocycles. The summed E-state index contributed by atoms with van der Waals surface area (Å²) >= 11 is 0. The lowest BCUT2D eigenvalue weighted by Crippen LogP contribution is -2.38. The first-order valence-corrected chi connectivity index (χ1v) is 7.63. The van der Waals surface area contributed by atoms with Gasteiger partial charge in [0.1, 0.15) is 6.61 Å². The molecule has 0 aliphatic heterocycles. The summed E-state index contributed by atoms with van der Waals surface area (Å²) < 4.78 is 5.09. The Morgan fingerprint density at radius 3 is 2.52 bits per heavy atom. The number of nitrogens with one attached hydrogen (secondary N) is 1. The second-order valence-electron chi connectivity index (χ2n) is 5.20. The van der Waals surface area contributed by atoms with Crippen LogP contribution in [0.5, 0.6) is 0 Å². The molecule has 1 aromatic carbocycles. The smallest absolute Gasteiger partial charge is 0.408 e. The van der Waals surface area contributed by atoms with Crippen molar-refractivity contribution in [3.05, 3.63) is 35.9 Å². The summed E-state index contributed by atoms with van der Waals surface area (Å²) in [6.07, 6.45) is 4.21. The van der Waals surface area contributed by atoms with Crippen LogP contribution in [0.3, 0.4) is 0 Å². The molecule has 0 radical (unpaired) electrons. The van der Waals surface area contributed by atoms with Gasteiger partial charge in [-0.25, -0.2) is 4.79 Å². The van der Waals surface area contributed by atoms with Gasteiger partial charge >= 0.3 is 6.09 Å². The number of ketones is 1. The van der Waals surface area contributed by atoms with Gasteiger partial charge in [-0.15, -0.1) is 0 Å². The van der Waals surface area contributed by atoms with Gasteiger partial charge in [-0.2, -0.15) is 0 Å². The number of carbonyl (C=O) groups excluding carboxylic acids is 2. The molecule has 4 nitrogen and oxygen atoms in total. The highest BCUT2D eigenvalue weighted by atomic mass is 16.5. The first-order valence-electron chi connectivity index (χ1n) is 7.63. The van der Waals surface area contributed by atoms with Gasteiger partial charge in [0.05, 0.1) is 6.04 Å². The molecule has 0 spiro atoms. The molecule has 1 unspecified atom stereocenters. The number of benzene rings is 1. The van der Waals surface area contributed by atoms with Crippen molar-refractivity contribution in [1.29, 1.82) is 0 Å². The molecule has 0 bridgehead atoms. The van der Waals surface area contributed by atoms with Crippen molar-refractivity contribution in [2.24, 2.45) is 0 Å². The summed E-state index contributed by atoms with van der Waals surface area (Å²) in [5.74, 6) is 0.0581. The van der Waals surface area contributed by atoms with Crippen LogP contribution in [0.2, 0.25) is 0 Å². The highest BCUT2D eigenvalue weighted by Gasteiger charge is 2.15. The Balaban J connectivity index is 2.22. The molecule has 0 aliphatic carbocycles. The van der Waals surface area contributed by atoms with Crippen LogP contribution in [0, 0.1) is 0 Å². The van der Waals surface area contributed by atoms with Crippen LogP contribution in [0.1, 0.15) is 51.5 Å². The lowest BCUT2D eigenvalue weighted by atomic mass is 10.1. The number of carbonyl (C=O) groups is 2. The Morgan fingerprint density at radius 2 is 1.86 bits per heavy atom. The molecule has 4 heteroatoms. The van der Waals surface area contributed by atoms with E-state index in [-0.39, 0.29) is 12.4 Å². The Bertz CT molecular complexity index is 431. The fraction of sp³-hybridized carbons (Fsp3) is 0.529. The zero-order valence-electron chi connectivity index (χ0n) is 12.9. The number of hydrogen-bond donors (Lipinski definition) is 1. The zero-order chi connectivity index (χ0) is 15.5. The van der Waals surface area contributed by atoms with Crippen LogP contribution < -0.4 is 5.32 Å². The Hall–Kier alpha value is -1.84. The average molecular weight is 291 g/mol. The van der Waals surface area contributed by atoms with E-state index in [0.29, 0.717) is 6.42 Å². The van der Waals surface area contributed by atoms with Gasteiger partial charge in [-0.1, -0.05) is 56.5 Å². The molecule has 1 aromatic rings. The molecule has 1 N–H and O–H groups in total. The molecule has 116 valence electrons. The standard InChI is InChI=1S/C17H25NO3/c1-3-4-5-9-12-16(19)14(2)18-17(20)21-13-15-10-7-6-8-11-15/h6-8,10-11,14H,3-5,9,12-13H2,1-2H3,(H,18,20). The van der Waals surface area contributed by atoms with Gasteiger partial charge in [-0.05, 0) is 18.9 Å². The largest absolute Gasteiger partial charge is 0.445 e. The summed E-state index contributed by atoms with van der Waals surface area (Å²) in [5, 5.41) is 2.58. The van der Waals surface area contributed by atoms with Crippen LogP contribution in [-0.4, -0.2) is 17.9 Å². The van der Waals surface area contributed by atoms with Crippen LogP contribution in [0.25, 0.3) is 0 Å². The quantitative estimate of drug-likeness (QED) is 0.703. The molecule has 0 saturated carbocycles. The normalized spacial score (nSPS) is 11.7. The van der Waals surface area contributed by atoms with E-state index in [9.17, 15) is 9.59 Å². The number of unbranched alkanes of at least 4 members (excludes halogenated alkanes) is 3. The molecular weight excluding hydrogens is 266 g/mol. The van der Waals surface area contributed by atoms with E-state index < -0.39 is 12.1 Å². The van der Waals surface area contributed by atoms with Crippen LogP contribution in [0.4, 0.5) is 4.79 Å². The van der Waals surface area contributed by atoms with Crippen molar-refractivity contribution in [2.45, 2.75) is 58.6 Å². The maximum Gasteiger partial charge on any atom is 0.408 e. The zero-order valence-corrected chi connectivity index (χ0v) is 12.9. The summed E-state index contributed by atoms with van der Waals surface area (Å²) in [5.41, 5.74) is 0.922. The van der Waals surface area contributed by atoms with Gasteiger partial charge in [0, 0.05) is 6.42 Å². The molecule has 21 heavy (non-hydrogen) atoms. The third-order valence-electron chi connectivity index (χ3n) is 3.31. The monoisotopic (exact) mass is 291 g/mol. The third kappa shape index (κ3) is 7.49. The molecule has 0 aromatic heterocycles. The summed E-state index contributed by atoms with van der Waals surface area (Å²) in [7, 11) is 0. The lowest BCUT2D eigenvalue weighted by molar-refractivity contribution is -0.120. The Morgan fingerprint density at radius 1 is 1.14 bits per heavy atom. The van der Waals surface area contributed by atoms with Crippen molar-refractivity contribution < 1.29 is 14.3 Å². The number of amides is 1. The molecule has 0 fully saturated rings. The van der Waals surface area contributed by atoms with Crippen molar-refractivity contribution in [2.75, 3.05) is 0 Å². The third-order valence-corrected chi connectivity index (χ3v) is 3.31. The summed E-state index contributed by atoms with van der Waals surface area (Å²) in [6.45, 7) is 4.05. The minimum Gasteiger partial charge on any atom is -0.445 e. The highest BCUT2D eigenvalue weighted by molar-refractivity contribution is 5.86. The van der Waals surface area contributed by atoms with Gasteiger partial charge in [0.15, 0.2) is 5.78 Å². The second kappa shape index (κ2) is 9.97. The topological polar surface area (TPSA) is 55.4 Å². The number of hydrogen-bond acceptors (Lipinski definition) is 3. The summed E-state index contributed by atoms with van der Waals surface area (Å²) in [6, 6.07) is 8.96. The first-order chi connectivity index (χ1) is 10.1. The minimum atomic E-state index is -0.548. The minimum absolute atomic E-state index is 0.0581. The van der Waals surface area contributed by atoms with Gasteiger partial charge in [-0.3, -0.25) is 4.79 Å². The Labute approximate surface area is 126 Å². The molecule has 1 rings (SSSR count). The van der Waals surface area contributed by atoms with E-state index in [1.54, 1.807) is 6.92 Å². The van der Waals surface area contributed by atoms with E-state index in [1.807, 2.05) is 30.3 Å². The van der Waals surface area contributed by atoms with E-state index in [2.05, 4.69) is 12.2 Å². The molecular formula is C17H25NO3. The first kappa shape index (κ1) is 17.2. The number of alkyl carbamates (subject to hydrolysis) is 1. The van der Waals surface area contributed by atoms with Crippen molar-refractivity contribution >= 4 is 11.9 Å². The molecule has 1 atom stereocenters. The van der Waals surface area contributed by atoms with Crippen LogP contribution in [-0.2, 0) is 16.1 Å². The van der Waals surface area contributed by atoms with Gasteiger partial charge < -0.3 is 10.1 Å². The van der Waals surface area contributed by atoms with E-state index in [0.717, 1.165) is 31.2 Å². The van der Waals surface area contributed by atoms with Crippen molar-refractivity contribution in [1.82, 2.24) is 5.32 Å². The number of Topliss-reactive ketones (excluding diaryl/α,β-unsaturated/α-hetero) is 1. The molecule has 0 heterocycles. The molecule has 0 aliphatic rings. The van der Waals surface area contributed by atoms with E-state index in [4.69, 9.17) is 4.74 Å². The predicted molar refractivity (Wildman–Crippen MR) is 83.0 cm³/mol. The van der Waals surface area contributed by atoms with Gasteiger partial charge in [0.2, 0.25) is 0 Å². The summed E-state index contributed by atoms with van der Waals surface area (Å²) in [4.78, 5) is 23.5. The fourth-order valence-corrected chi connectivity index (χ4v) is 1.96. The number of ether oxygens (including phenoxy) is 1. The van der Waals surface area contributed by atoms with Crippen molar-refractivity contribution in [3.63, 3.8) is 0 Å².